The van der Waals surface area contributed by atoms with E-state index in [9.17, 15) is 19.5 Å². The van der Waals surface area contributed by atoms with Gasteiger partial charge in [0, 0.05) is 12.6 Å². The van der Waals surface area contributed by atoms with Crippen LogP contribution in [0, 0.1) is 0 Å². The molecule has 8 heteroatoms. The number of ether oxygens (including phenoxy) is 1. The first-order valence-electron chi connectivity index (χ1n) is 9.92. The Bertz CT molecular complexity index is 829. The molecule has 2 amide bonds. The van der Waals surface area contributed by atoms with E-state index in [2.05, 4.69) is 10.3 Å². The van der Waals surface area contributed by atoms with Crippen LogP contribution in [0.2, 0.25) is 0 Å². The van der Waals surface area contributed by atoms with Crippen LogP contribution in [-0.2, 0) is 20.7 Å². The Hall–Kier alpha value is -3.42. The second-order valence-corrected chi connectivity index (χ2v) is 6.65. The lowest BCUT2D eigenvalue weighted by molar-refractivity contribution is -0.142. The maximum Gasteiger partial charge on any atom is 0.416 e. The molecule has 0 saturated heterocycles. The van der Waals surface area contributed by atoms with E-state index in [1.165, 1.54) is 11.1 Å². The third kappa shape index (κ3) is 6.30. The van der Waals surface area contributed by atoms with Gasteiger partial charge < -0.3 is 15.2 Å². The number of pyridine rings is 1. The third-order valence-corrected chi connectivity index (χ3v) is 4.44. The van der Waals surface area contributed by atoms with Crippen molar-refractivity contribution in [1.82, 2.24) is 10.3 Å². The highest BCUT2D eigenvalue weighted by atomic mass is 16.6. The number of rotatable bonds is 10. The molecule has 160 valence electrons. The average Bonchev–Trinajstić information content (AvgIpc) is 2.74. The highest BCUT2D eigenvalue weighted by molar-refractivity contribution is 5.98. The van der Waals surface area contributed by atoms with E-state index in [4.69, 9.17) is 4.74 Å². The quantitative estimate of drug-likeness (QED) is 0.620. The van der Waals surface area contributed by atoms with Crippen molar-refractivity contribution < 1.29 is 24.2 Å². The second-order valence-electron chi connectivity index (χ2n) is 6.65. The normalized spacial score (nSPS) is 12.5. The molecule has 2 N–H and O–H groups in total. The molecule has 0 radical (unpaired) electrons. The second kappa shape index (κ2) is 11.5. The summed E-state index contributed by atoms with van der Waals surface area (Å²) in [5.41, 5.74) is 0.810. The van der Waals surface area contributed by atoms with E-state index in [1.54, 1.807) is 25.1 Å². The summed E-state index contributed by atoms with van der Waals surface area (Å²) in [4.78, 5) is 42.9. The fourth-order valence-electron chi connectivity index (χ4n) is 3.02. The number of nitrogens with zero attached hydrogens (tertiary/aromatic N) is 2. The van der Waals surface area contributed by atoms with Gasteiger partial charge in [0.05, 0.1) is 6.61 Å². The Morgan fingerprint density at radius 1 is 1.10 bits per heavy atom. The summed E-state index contributed by atoms with van der Waals surface area (Å²) >= 11 is 0. The van der Waals surface area contributed by atoms with E-state index < -0.39 is 30.1 Å². The Morgan fingerprint density at radius 3 is 2.37 bits per heavy atom. The van der Waals surface area contributed by atoms with Crippen LogP contribution in [0.1, 0.15) is 32.3 Å². The number of carboxylic acids is 1. The molecule has 2 atom stereocenters. The first-order chi connectivity index (χ1) is 14.5. The first-order valence-corrected chi connectivity index (χ1v) is 9.92. The third-order valence-electron chi connectivity index (χ3n) is 4.44. The Morgan fingerprint density at radius 2 is 1.80 bits per heavy atom. The van der Waals surface area contributed by atoms with Gasteiger partial charge in [-0.1, -0.05) is 49.7 Å². The summed E-state index contributed by atoms with van der Waals surface area (Å²) < 4.78 is 5.18. The Kier molecular flexibility index (Phi) is 8.80. The van der Waals surface area contributed by atoms with Crippen molar-refractivity contribution in [1.29, 1.82) is 0 Å². The molecule has 0 fully saturated rings. The zero-order valence-electron chi connectivity index (χ0n) is 17.2. The lowest BCUT2D eigenvalue weighted by atomic mass is 10.0. The minimum absolute atomic E-state index is 0.120. The standard InChI is InChI=1S/C22H27N3O5/c1-3-10-17(21(27)28)24-20(26)18(15-16-11-6-5-7-12-16)25(22(29)30-4-2)19-13-8-9-14-23-19/h5-9,11-14,17-18H,3-4,10,15H2,1-2H3,(H,24,26)(H,27,28)/t17-,18-/m0/s1. The van der Waals surface area contributed by atoms with Crippen LogP contribution >= 0.6 is 0 Å². The molecule has 8 nitrogen and oxygen atoms in total. The van der Waals surface area contributed by atoms with Crippen LogP contribution in [0.4, 0.5) is 10.6 Å². The van der Waals surface area contributed by atoms with Crippen molar-refractivity contribution in [2.45, 2.75) is 45.2 Å². The molecule has 1 heterocycles. The maximum absolute atomic E-state index is 13.2. The SMILES string of the molecule is CCC[C@H](NC(=O)[C@H](Cc1ccccc1)N(C(=O)OCC)c1ccccn1)C(=O)O. The molecule has 2 rings (SSSR count). The van der Waals surface area contributed by atoms with Gasteiger partial charge in [-0.15, -0.1) is 0 Å². The number of benzene rings is 1. The van der Waals surface area contributed by atoms with Gasteiger partial charge >= 0.3 is 12.1 Å². The first kappa shape index (κ1) is 22.9. The van der Waals surface area contributed by atoms with Gasteiger partial charge in [-0.2, -0.15) is 0 Å². The molecule has 0 aliphatic carbocycles. The number of carbonyl (C=O) groups excluding carboxylic acids is 2. The van der Waals surface area contributed by atoms with Gasteiger partial charge in [-0.3, -0.25) is 4.79 Å². The van der Waals surface area contributed by atoms with Crippen molar-refractivity contribution in [3.8, 4) is 0 Å². The van der Waals surface area contributed by atoms with Crippen molar-refractivity contribution in [3.05, 3.63) is 60.3 Å². The highest BCUT2D eigenvalue weighted by Crippen LogP contribution is 2.19. The van der Waals surface area contributed by atoms with Gasteiger partial charge in [0.1, 0.15) is 17.9 Å². The summed E-state index contributed by atoms with van der Waals surface area (Å²) in [6.45, 7) is 3.63. The molecule has 0 bridgehead atoms. The Balaban J connectivity index is 2.44. The number of hydrogen-bond donors (Lipinski definition) is 2. The number of carbonyl (C=O) groups is 3. The largest absolute Gasteiger partial charge is 0.480 e. The van der Waals surface area contributed by atoms with Crippen LogP contribution in [0.5, 0.6) is 0 Å². The Labute approximate surface area is 175 Å². The number of aliphatic carboxylic acids is 1. The predicted octanol–water partition coefficient (Wildman–Crippen LogP) is 3.03. The summed E-state index contributed by atoms with van der Waals surface area (Å²) in [6, 6.07) is 12.1. The fraction of sp³-hybridized carbons (Fsp3) is 0.364. The predicted molar refractivity (Wildman–Crippen MR) is 112 cm³/mol. The summed E-state index contributed by atoms with van der Waals surface area (Å²) in [7, 11) is 0. The van der Waals surface area contributed by atoms with E-state index >= 15 is 0 Å². The van der Waals surface area contributed by atoms with Crippen LogP contribution in [0.15, 0.2) is 54.7 Å². The zero-order chi connectivity index (χ0) is 21.9. The minimum atomic E-state index is -1.12. The van der Waals surface area contributed by atoms with E-state index in [0.29, 0.717) is 6.42 Å². The van der Waals surface area contributed by atoms with Crippen LogP contribution in [0.25, 0.3) is 0 Å². The maximum atomic E-state index is 13.2. The number of amides is 2. The highest BCUT2D eigenvalue weighted by Gasteiger charge is 2.35. The molecule has 0 aliphatic heterocycles. The molecular formula is C22H27N3O5. The van der Waals surface area contributed by atoms with Crippen molar-refractivity contribution in [2.24, 2.45) is 0 Å². The smallest absolute Gasteiger partial charge is 0.416 e. The molecule has 1 aromatic heterocycles. The lowest BCUT2D eigenvalue weighted by Crippen LogP contribution is -2.55. The van der Waals surface area contributed by atoms with Gasteiger partial charge in [0.2, 0.25) is 5.91 Å². The molecular weight excluding hydrogens is 386 g/mol. The number of anilines is 1. The number of nitrogens with one attached hydrogen (secondary N) is 1. The molecule has 0 aliphatic rings. The summed E-state index contributed by atoms with van der Waals surface area (Å²) in [5, 5.41) is 12.0. The van der Waals surface area contributed by atoms with Crippen LogP contribution in [-0.4, -0.2) is 46.8 Å². The fourth-order valence-corrected chi connectivity index (χ4v) is 3.02. The van der Waals surface area contributed by atoms with E-state index in [0.717, 1.165) is 5.56 Å². The number of aromatic nitrogens is 1. The molecule has 2 aromatic rings. The number of hydrogen-bond acceptors (Lipinski definition) is 5. The van der Waals surface area contributed by atoms with Crippen LogP contribution < -0.4 is 10.2 Å². The molecule has 0 unspecified atom stereocenters. The molecule has 0 spiro atoms. The van der Waals surface area contributed by atoms with Crippen LogP contribution in [0.3, 0.4) is 0 Å². The van der Waals surface area contributed by atoms with E-state index in [-0.39, 0.29) is 25.3 Å². The van der Waals surface area contributed by atoms with Crippen molar-refractivity contribution >= 4 is 23.8 Å². The topological polar surface area (TPSA) is 109 Å². The van der Waals surface area contributed by atoms with Crippen molar-refractivity contribution in [3.63, 3.8) is 0 Å². The summed E-state index contributed by atoms with van der Waals surface area (Å²) in [6.07, 6.45) is 1.82. The minimum Gasteiger partial charge on any atom is -0.480 e. The number of carboxylic acid groups (broad SMARTS) is 1. The lowest BCUT2D eigenvalue weighted by Gasteiger charge is -2.30. The van der Waals surface area contributed by atoms with Gasteiger partial charge in [0.15, 0.2) is 0 Å². The van der Waals surface area contributed by atoms with E-state index in [1.807, 2.05) is 37.3 Å². The van der Waals surface area contributed by atoms with Gasteiger partial charge in [0.25, 0.3) is 0 Å². The zero-order valence-corrected chi connectivity index (χ0v) is 17.2. The monoisotopic (exact) mass is 413 g/mol. The molecule has 30 heavy (non-hydrogen) atoms. The summed E-state index contributed by atoms with van der Waals surface area (Å²) in [5.74, 6) is -1.46. The average molecular weight is 413 g/mol. The van der Waals surface area contributed by atoms with Crippen molar-refractivity contribution in [2.75, 3.05) is 11.5 Å². The molecule has 0 saturated carbocycles. The molecule has 1 aromatic carbocycles. The van der Waals surface area contributed by atoms with Gasteiger partial charge in [-0.25, -0.2) is 19.5 Å². The van der Waals surface area contributed by atoms with Gasteiger partial charge in [-0.05, 0) is 31.0 Å².